The van der Waals surface area contributed by atoms with Gasteiger partial charge in [-0.3, -0.25) is 9.59 Å². The van der Waals surface area contributed by atoms with E-state index >= 15 is 0 Å². The van der Waals surface area contributed by atoms with Crippen molar-refractivity contribution < 1.29 is 38.7 Å². The highest BCUT2D eigenvalue weighted by atomic mass is 35.5. The Kier molecular flexibility index (Phi) is 17.4. The van der Waals surface area contributed by atoms with E-state index in [9.17, 15) is 19.8 Å². The minimum Gasteiger partial charge on any atom is -0.457 e. The van der Waals surface area contributed by atoms with E-state index in [1.54, 1.807) is 26.2 Å². The number of methoxy groups -OCH3 is 1. The van der Waals surface area contributed by atoms with E-state index < -0.39 is 41.4 Å². The van der Waals surface area contributed by atoms with Crippen LogP contribution in [0.2, 0.25) is 10.0 Å². The molecule has 0 bridgehead atoms. The van der Waals surface area contributed by atoms with Crippen LogP contribution in [0.1, 0.15) is 85.3 Å². The van der Waals surface area contributed by atoms with Crippen molar-refractivity contribution in [2.45, 2.75) is 141 Å². The van der Waals surface area contributed by atoms with Crippen LogP contribution in [0.5, 0.6) is 0 Å². The molecule has 10 nitrogen and oxygen atoms in total. The highest BCUT2D eigenvalue weighted by Crippen LogP contribution is 2.39. The Labute approximate surface area is 349 Å². The number of carbonyl (C=O) groups excluding carboxylic acids is 2. The Bertz CT molecular complexity index is 1690. The van der Waals surface area contributed by atoms with Crippen molar-refractivity contribution in [2.75, 3.05) is 7.11 Å². The molecule has 1 saturated heterocycles. The molecule has 0 spiro atoms. The van der Waals surface area contributed by atoms with Crippen molar-refractivity contribution in [1.82, 2.24) is 10.6 Å². The summed E-state index contributed by atoms with van der Waals surface area (Å²) >= 11 is 12.4. The van der Waals surface area contributed by atoms with Gasteiger partial charge in [-0.05, 0) is 87.1 Å². The Morgan fingerprint density at radius 2 is 1.67 bits per heavy atom. The molecule has 2 aliphatic heterocycles. The number of hydrogen-bond acceptors (Lipinski definition) is 10. The standard InChI is InChI=1S/C45H62Cl2N2O8/c1-9-37(54-8)30(4)41-42(57-41)43(48-26-32-13-17-34(46)18-14-32)44(6,49-27-33-15-19-35(47)20-16-33)23-10-11-28(2)40-29(3)12-21-38(55-31(5)50)45(7,53)24-22-36(51)25-39(52)56-40/h10-21,23,29-30,36-38,40-43,48-49,51,53H,9,22,24-27H2,1-8H3/b21-12+,23-10+,28-11+/t29-,30+,36+,37-,38-,40-,41+,42-,43?,44?,45+/m0/s1. The van der Waals surface area contributed by atoms with Gasteiger partial charge in [0.2, 0.25) is 0 Å². The molecule has 0 aromatic heterocycles. The average molecular weight is 830 g/mol. The summed E-state index contributed by atoms with van der Waals surface area (Å²) in [6.45, 7) is 14.2. The van der Waals surface area contributed by atoms with Gasteiger partial charge in [0.15, 0.2) is 0 Å². The van der Waals surface area contributed by atoms with Crippen LogP contribution in [0.3, 0.4) is 0 Å². The number of esters is 2. The number of nitrogens with one attached hydrogen (secondary N) is 2. The third-order valence-corrected chi connectivity index (χ3v) is 11.7. The molecule has 57 heavy (non-hydrogen) atoms. The first-order valence-electron chi connectivity index (χ1n) is 19.9. The molecule has 2 aliphatic rings. The monoisotopic (exact) mass is 828 g/mol. The van der Waals surface area contributed by atoms with Gasteiger partial charge in [-0.2, -0.15) is 0 Å². The number of epoxide rings is 1. The summed E-state index contributed by atoms with van der Waals surface area (Å²) in [4.78, 5) is 25.1. The Morgan fingerprint density at radius 3 is 2.25 bits per heavy atom. The van der Waals surface area contributed by atoms with Gasteiger partial charge in [0.25, 0.3) is 0 Å². The molecule has 2 aromatic carbocycles. The maximum atomic E-state index is 13.1. The van der Waals surface area contributed by atoms with Gasteiger partial charge >= 0.3 is 11.9 Å². The largest absolute Gasteiger partial charge is 0.457 e. The zero-order valence-corrected chi connectivity index (χ0v) is 36.1. The third-order valence-electron chi connectivity index (χ3n) is 11.2. The number of allylic oxidation sites excluding steroid dienone is 2. The van der Waals surface area contributed by atoms with E-state index in [1.807, 2.05) is 74.5 Å². The van der Waals surface area contributed by atoms with Crippen molar-refractivity contribution in [3.8, 4) is 0 Å². The summed E-state index contributed by atoms with van der Waals surface area (Å²) in [6.07, 6.45) is 7.47. The van der Waals surface area contributed by atoms with Crippen molar-refractivity contribution >= 4 is 35.1 Å². The highest BCUT2D eigenvalue weighted by Gasteiger charge is 2.54. The van der Waals surface area contributed by atoms with Gasteiger partial charge in [-0.25, -0.2) is 0 Å². The summed E-state index contributed by atoms with van der Waals surface area (Å²) < 4.78 is 23.8. The van der Waals surface area contributed by atoms with Crippen LogP contribution in [0, 0.1) is 11.8 Å². The summed E-state index contributed by atoms with van der Waals surface area (Å²) in [6, 6.07) is 15.3. The number of benzene rings is 2. The Morgan fingerprint density at radius 1 is 1.05 bits per heavy atom. The smallest absolute Gasteiger partial charge is 0.309 e. The molecule has 0 amide bonds. The van der Waals surface area contributed by atoms with Crippen molar-refractivity contribution in [3.05, 3.63) is 106 Å². The molecule has 11 atom stereocenters. The fraction of sp³-hybridized carbons (Fsp3) is 0.556. The summed E-state index contributed by atoms with van der Waals surface area (Å²) in [5.41, 5.74) is 0.748. The molecule has 2 heterocycles. The second-order valence-corrected chi connectivity index (χ2v) is 16.9. The molecule has 4 N–H and O–H groups in total. The van der Waals surface area contributed by atoms with Gasteiger partial charge in [0.1, 0.15) is 23.9 Å². The van der Waals surface area contributed by atoms with Crippen LogP contribution < -0.4 is 10.6 Å². The van der Waals surface area contributed by atoms with E-state index in [0.29, 0.717) is 23.1 Å². The minimum atomic E-state index is -1.46. The lowest BCUT2D eigenvalue weighted by molar-refractivity contribution is -0.157. The van der Waals surface area contributed by atoms with Crippen LogP contribution in [-0.4, -0.2) is 83.1 Å². The van der Waals surface area contributed by atoms with E-state index in [4.69, 9.17) is 42.1 Å². The molecular weight excluding hydrogens is 767 g/mol. The number of carbonyl (C=O) groups is 2. The lowest BCUT2D eigenvalue weighted by Crippen LogP contribution is -2.59. The molecule has 2 aromatic rings. The summed E-state index contributed by atoms with van der Waals surface area (Å²) in [5.74, 6) is -1.30. The van der Waals surface area contributed by atoms with Crippen molar-refractivity contribution in [3.63, 3.8) is 0 Å². The molecule has 2 unspecified atom stereocenters. The van der Waals surface area contributed by atoms with E-state index in [0.717, 1.165) is 23.1 Å². The molecular formula is C45H62Cl2N2O8. The summed E-state index contributed by atoms with van der Waals surface area (Å²) in [7, 11) is 1.74. The first-order chi connectivity index (χ1) is 27.0. The Balaban J connectivity index is 1.71. The number of hydrogen-bond donors (Lipinski definition) is 4. The fourth-order valence-corrected chi connectivity index (χ4v) is 7.84. The highest BCUT2D eigenvalue weighted by molar-refractivity contribution is 6.30. The summed E-state index contributed by atoms with van der Waals surface area (Å²) in [5, 5.41) is 30.9. The predicted octanol–water partition coefficient (Wildman–Crippen LogP) is 7.66. The third kappa shape index (κ3) is 13.8. The van der Waals surface area contributed by atoms with E-state index in [2.05, 4.69) is 37.5 Å². The number of halogens is 2. The van der Waals surface area contributed by atoms with Crippen LogP contribution in [-0.2, 0) is 41.6 Å². The average Bonchev–Trinajstić information content (AvgIpc) is 3.95. The van der Waals surface area contributed by atoms with Gasteiger partial charge in [0.05, 0.1) is 36.3 Å². The number of aliphatic hydroxyl groups is 2. The first-order valence-corrected chi connectivity index (χ1v) is 20.7. The lowest BCUT2D eigenvalue weighted by atomic mass is 9.84. The quantitative estimate of drug-likeness (QED) is 0.0578. The minimum absolute atomic E-state index is 0.0323. The second-order valence-electron chi connectivity index (χ2n) is 16.1. The van der Waals surface area contributed by atoms with Crippen molar-refractivity contribution in [2.24, 2.45) is 11.8 Å². The number of ether oxygens (including phenoxy) is 4. The van der Waals surface area contributed by atoms with Gasteiger partial charge in [-0.1, -0.05) is 92.5 Å². The Hall–Kier alpha value is -3.06. The fourth-order valence-electron chi connectivity index (χ4n) is 7.58. The maximum Gasteiger partial charge on any atom is 0.309 e. The molecule has 1 fully saturated rings. The molecule has 0 aliphatic carbocycles. The van der Waals surface area contributed by atoms with Gasteiger partial charge in [-0.15, -0.1) is 0 Å². The van der Waals surface area contributed by atoms with Gasteiger partial charge in [0, 0.05) is 49.0 Å². The van der Waals surface area contributed by atoms with Crippen LogP contribution in [0.15, 0.2) is 84.5 Å². The van der Waals surface area contributed by atoms with Gasteiger partial charge < -0.3 is 39.8 Å². The number of cyclic esters (lactones) is 1. The topological polar surface area (TPSA) is 139 Å². The molecule has 4 rings (SSSR count). The molecule has 0 saturated carbocycles. The first kappa shape index (κ1) is 46.6. The van der Waals surface area contributed by atoms with Crippen LogP contribution in [0.25, 0.3) is 0 Å². The van der Waals surface area contributed by atoms with Crippen LogP contribution >= 0.6 is 23.2 Å². The van der Waals surface area contributed by atoms with Crippen molar-refractivity contribution in [1.29, 1.82) is 0 Å². The SMILES string of the molecule is CC[C@H](OC)[C@@H](C)[C@H]1O[C@@H]1C(NCc1ccc(Cl)cc1)C(C)(/C=C/C=C(\C)[C@@H]1OC(=O)C[C@H](O)CC[C@@](C)(O)[C@@H](OC(C)=O)/C=C/[C@@H]1C)NCc1ccc(Cl)cc1. The lowest BCUT2D eigenvalue weighted by Gasteiger charge is -2.37. The molecule has 0 radical (unpaired) electrons. The maximum absolute atomic E-state index is 13.1. The molecule has 314 valence electrons. The normalized spacial score (nSPS) is 29.3. The zero-order chi connectivity index (χ0) is 41.9. The van der Waals surface area contributed by atoms with Crippen LogP contribution in [0.4, 0.5) is 0 Å². The molecule has 12 heteroatoms. The van der Waals surface area contributed by atoms with E-state index in [1.165, 1.54) is 6.92 Å². The predicted molar refractivity (Wildman–Crippen MR) is 225 cm³/mol. The zero-order valence-electron chi connectivity index (χ0n) is 34.5. The number of aliphatic hydroxyl groups excluding tert-OH is 1. The number of rotatable bonds is 16. The van der Waals surface area contributed by atoms with E-state index in [-0.39, 0.29) is 55.5 Å². The second kappa shape index (κ2) is 21.3.